The number of nitrogens with one attached hydrogen (secondary N) is 2. The molecule has 2 aromatic carbocycles. The summed E-state index contributed by atoms with van der Waals surface area (Å²) in [6.45, 7) is 3.57. The topological polar surface area (TPSA) is 101 Å². The summed E-state index contributed by atoms with van der Waals surface area (Å²) in [5, 5.41) is 2.66. The van der Waals surface area contributed by atoms with E-state index >= 15 is 0 Å². The van der Waals surface area contributed by atoms with Gasteiger partial charge in [-0.2, -0.15) is 0 Å². The van der Waals surface area contributed by atoms with E-state index in [9.17, 15) is 13.2 Å². The SMILES string of the molecule is C=CCNS(=O)(=O)c1cccc(C(=O)Nc2cnc(-c3ccccc3)nc2)c1. The number of anilines is 1. The molecule has 0 spiro atoms. The predicted octanol–water partition coefficient (Wildman–Crippen LogP) is 2.86. The first-order valence-electron chi connectivity index (χ1n) is 8.39. The highest BCUT2D eigenvalue weighted by atomic mass is 32.2. The quantitative estimate of drug-likeness (QED) is 0.600. The molecule has 0 aliphatic carbocycles. The molecule has 0 bridgehead atoms. The van der Waals surface area contributed by atoms with E-state index in [0.29, 0.717) is 11.5 Å². The molecule has 0 saturated heterocycles. The van der Waals surface area contributed by atoms with Crippen molar-refractivity contribution < 1.29 is 13.2 Å². The zero-order valence-corrected chi connectivity index (χ0v) is 15.7. The van der Waals surface area contributed by atoms with E-state index in [1.54, 1.807) is 0 Å². The van der Waals surface area contributed by atoms with Crippen LogP contribution in [0.3, 0.4) is 0 Å². The summed E-state index contributed by atoms with van der Waals surface area (Å²) in [6.07, 6.45) is 4.44. The van der Waals surface area contributed by atoms with Gasteiger partial charge < -0.3 is 5.32 Å². The highest BCUT2D eigenvalue weighted by Crippen LogP contribution is 2.16. The first-order chi connectivity index (χ1) is 13.5. The van der Waals surface area contributed by atoms with Crippen molar-refractivity contribution in [3.8, 4) is 11.4 Å². The number of amides is 1. The third kappa shape index (κ3) is 4.67. The first kappa shape index (κ1) is 19.4. The fourth-order valence-corrected chi connectivity index (χ4v) is 3.43. The number of rotatable bonds is 7. The number of nitrogens with zero attached hydrogens (tertiary/aromatic N) is 2. The largest absolute Gasteiger partial charge is 0.319 e. The molecule has 0 atom stereocenters. The molecule has 8 heteroatoms. The molecule has 1 amide bonds. The average molecular weight is 394 g/mol. The molecular weight excluding hydrogens is 376 g/mol. The van der Waals surface area contributed by atoms with Crippen molar-refractivity contribution in [1.82, 2.24) is 14.7 Å². The second kappa shape index (κ2) is 8.55. The van der Waals surface area contributed by atoms with Crippen molar-refractivity contribution in [2.75, 3.05) is 11.9 Å². The van der Waals surface area contributed by atoms with Crippen molar-refractivity contribution in [1.29, 1.82) is 0 Å². The van der Waals surface area contributed by atoms with E-state index in [4.69, 9.17) is 0 Å². The molecule has 142 valence electrons. The minimum atomic E-state index is -3.71. The van der Waals surface area contributed by atoms with E-state index in [1.807, 2.05) is 30.3 Å². The number of sulfonamides is 1. The molecule has 1 heterocycles. The number of benzene rings is 2. The Hall–Kier alpha value is -3.36. The first-order valence-corrected chi connectivity index (χ1v) is 9.87. The van der Waals surface area contributed by atoms with Crippen LogP contribution in [-0.2, 0) is 10.0 Å². The molecular formula is C20H18N4O3S. The van der Waals surface area contributed by atoms with Crippen molar-refractivity contribution in [2.45, 2.75) is 4.90 Å². The van der Waals surface area contributed by atoms with Gasteiger partial charge in [-0.15, -0.1) is 6.58 Å². The Kier molecular flexibility index (Phi) is 5.93. The zero-order valence-electron chi connectivity index (χ0n) is 14.9. The lowest BCUT2D eigenvalue weighted by Gasteiger charge is -2.08. The average Bonchev–Trinajstić information content (AvgIpc) is 2.73. The smallest absolute Gasteiger partial charge is 0.255 e. The van der Waals surface area contributed by atoms with Crippen LogP contribution in [0.15, 0.2) is 84.5 Å². The molecule has 0 unspecified atom stereocenters. The fourth-order valence-electron chi connectivity index (χ4n) is 2.39. The molecule has 0 fully saturated rings. The van der Waals surface area contributed by atoms with Crippen LogP contribution in [0.25, 0.3) is 11.4 Å². The Bertz CT molecular complexity index is 1080. The van der Waals surface area contributed by atoms with Gasteiger partial charge in [0.25, 0.3) is 5.91 Å². The summed E-state index contributed by atoms with van der Waals surface area (Å²) in [6, 6.07) is 15.2. The molecule has 28 heavy (non-hydrogen) atoms. The van der Waals surface area contributed by atoms with Gasteiger partial charge in [-0.1, -0.05) is 42.5 Å². The summed E-state index contributed by atoms with van der Waals surface area (Å²) in [5.74, 6) is 0.0804. The molecule has 0 radical (unpaired) electrons. The Balaban J connectivity index is 1.75. The highest BCUT2D eigenvalue weighted by Gasteiger charge is 2.15. The van der Waals surface area contributed by atoms with Gasteiger partial charge in [0, 0.05) is 17.7 Å². The van der Waals surface area contributed by atoms with Gasteiger partial charge >= 0.3 is 0 Å². The van der Waals surface area contributed by atoms with E-state index in [1.165, 1.54) is 42.7 Å². The molecule has 0 aliphatic rings. The third-order valence-electron chi connectivity index (χ3n) is 3.77. The maximum absolute atomic E-state index is 12.5. The Morgan fingerprint density at radius 1 is 1.04 bits per heavy atom. The summed E-state index contributed by atoms with van der Waals surface area (Å²) < 4.78 is 26.7. The zero-order chi connectivity index (χ0) is 20.0. The minimum absolute atomic E-state index is 0.00215. The molecule has 2 N–H and O–H groups in total. The second-order valence-corrected chi connectivity index (χ2v) is 7.55. The van der Waals surface area contributed by atoms with Gasteiger partial charge in [-0.05, 0) is 18.2 Å². The number of carbonyl (C=O) groups is 1. The van der Waals surface area contributed by atoms with Crippen molar-refractivity contribution in [3.05, 3.63) is 85.2 Å². The van der Waals surface area contributed by atoms with Gasteiger partial charge in [-0.25, -0.2) is 23.1 Å². The Morgan fingerprint density at radius 2 is 1.75 bits per heavy atom. The Labute approximate surface area is 163 Å². The molecule has 0 aliphatic heterocycles. The highest BCUT2D eigenvalue weighted by molar-refractivity contribution is 7.89. The van der Waals surface area contributed by atoms with Crippen LogP contribution >= 0.6 is 0 Å². The van der Waals surface area contributed by atoms with E-state index in [0.717, 1.165) is 5.56 Å². The van der Waals surface area contributed by atoms with Crippen molar-refractivity contribution >= 4 is 21.6 Å². The lowest BCUT2D eigenvalue weighted by atomic mass is 10.2. The normalized spacial score (nSPS) is 11.0. The maximum Gasteiger partial charge on any atom is 0.255 e. The summed E-state index contributed by atoms with van der Waals surface area (Å²) in [7, 11) is -3.71. The van der Waals surface area contributed by atoms with Crippen LogP contribution in [0.4, 0.5) is 5.69 Å². The predicted molar refractivity (Wildman–Crippen MR) is 107 cm³/mol. The van der Waals surface area contributed by atoms with Gasteiger partial charge in [0.1, 0.15) is 0 Å². The molecule has 1 aromatic heterocycles. The monoisotopic (exact) mass is 394 g/mol. The van der Waals surface area contributed by atoms with Crippen molar-refractivity contribution in [2.24, 2.45) is 0 Å². The van der Waals surface area contributed by atoms with E-state index < -0.39 is 15.9 Å². The second-order valence-electron chi connectivity index (χ2n) is 5.78. The van der Waals surface area contributed by atoms with Gasteiger partial charge in [0.2, 0.25) is 10.0 Å². The summed E-state index contributed by atoms with van der Waals surface area (Å²) in [4.78, 5) is 21.0. The van der Waals surface area contributed by atoms with Crippen LogP contribution in [0, 0.1) is 0 Å². The van der Waals surface area contributed by atoms with Crippen molar-refractivity contribution in [3.63, 3.8) is 0 Å². The Morgan fingerprint density at radius 3 is 2.43 bits per heavy atom. The van der Waals surface area contributed by atoms with Crippen LogP contribution in [0.1, 0.15) is 10.4 Å². The van der Waals surface area contributed by atoms with Crippen LogP contribution in [-0.4, -0.2) is 30.8 Å². The van der Waals surface area contributed by atoms with Crippen LogP contribution < -0.4 is 10.0 Å². The van der Waals surface area contributed by atoms with E-state index in [-0.39, 0.29) is 17.0 Å². The molecule has 3 rings (SSSR count). The van der Waals surface area contributed by atoms with Crippen LogP contribution in [0.5, 0.6) is 0 Å². The molecule has 3 aromatic rings. The van der Waals surface area contributed by atoms with Gasteiger partial charge in [-0.3, -0.25) is 4.79 Å². The molecule has 0 saturated carbocycles. The van der Waals surface area contributed by atoms with Crippen LogP contribution in [0.2, 0.25) is 0 Å². The summed E-state index contributed by atoms with van der Waals surface area (Å²) in [5.41, 5.74) is 1.47. The standard InChI is InChI=1S/C20H18N4O3S/c1-2-11-23-28(26,27)18-10-6-9-16(12-18)20(25)24-17-13-21-19(22-14-17)15-7-4-3-5-8-15/h2-10,12-14,23H,1,11H2,(H,24,25). The lowest BCUT2D eigenvalue weighted by Crippen LogP contribution is -2.24. The number of hydrogen-bond donors (Lipinski definition) is 2. The third-order valence-corrected chi connectivity index (χ3v) is 5.19. The number of carbonyl (C=O) groups excluding carboxylic acids is 1. The molecule has 7 nitrogen and oxygen atoms in total. The van der Waals surface area contributed by atoms with E-state index in [2.05, 4.69) is 26.6 Å². The lowest BCUT2D eigenvalue weighted by molar-refractivity contribution is 0.102. The van der Waals surface area contributed by atoms with Gasteiger partial charge in [0.15, 0.2) is 5.82 Å². The minimum Gasteiger partial charge on any atom is -0.319 e. The van der Waals surface area contributed by atoms with Gasteiger partial charge in [0.05, 0.1) is 23.0 Å². The number of aromatic nitrogens is 2. The maximum atomic E-state index is 12.5. The summed E-state index contributed by atoms with van der Waals surface area (Å²) >= 11 is 0. The number of hydrogen-bond acceptors (Lipinski definition) is 5. The fraction of sp³-hybridized carbons (Fsp3) is 0.0500.